The first-order valence-electron chi connectivity index (χ1n) is 7.76. The first kappa shape index (κ1) is 15.7. The van der Waals surface area contributed by atoms with Crippen LogP contribution < -0.4 is 4.90 Å². The highest BCUT2D eigenvalue weighted by molar-refractivity contribution is 5.92. The monoisotopic (exact) mass is 319 g/mol. The summed E-state index contributed by atoms with van der Waals surface area (Å²) in [4.78, 5) is 24.7. The number of amides is 1. The molecule has 1 aliphatic heterocycles. The number of hydrogen-bond acceptors (Lipinski definition) is 5. The van der Waals surface area contributed by atoms with Crippen LogP contribution in [-0.2, 0) is 4.79 Å². The predicted molar refractivity (Wildman–Crippen MR) is 91.0 cm³/mol. The predicted octanol–water partition coefficient (Wildman–Crippen LogP) is 1.71. The van der Waals surface area contributed by atoms with Gasteiger partial charge in [-0.25, -0.2) is 9.97 Å². The van der Waals surface area contributed by atoms with Gasteiger partial charge in [-0.1, -0.05) is 18.2 Å². The number of carbonyl (C=O) groups is 1. The molecular formula is C18H17N5O. The number of rotatable bonds is 3. The fraction of sp³-hybridized carbons (Fsp3) is 0.222. The maximum atomic E-state index is 12.3. The summed E-state index contributed by atoms with van der Waals surface area (Å²) >= 11 is 0. The van der Waals surface area contributed by atoms with E-state index in [-0.39, 0.29) is 5.91 Å². The van der Waals surface area contributed by atoms with Crippen LogP contribution in [0.3, 0.4) is 0 Å². The van der Waals surface area contributed by atoms with Gasteiger partial charge >= 0.3 is 0 Å². The van der Waals surface area contributed by atoms with E-state index in [4.69, 9.17) is 5.26 Å². The van der Waals surface area contributed by atoms with Crippen molar-refractivity contribution in [3.8, 4) is 6.07 Å². The maximum absolute atomic E-state index is 12.3. The molecule has 0 bridgehead atoms. The van der Waals surface area contributed by atoms with E-state index in [1.54, 1.807) is 35.5 Å². The van der Waals surface area contributed by atoms with Crippen LogP contribution in [-0.4, -0.2) is 47.0 Å². The number of piperazine rings is 1. The van der Waals surface area contributed by atoms with Crippen LogP contribution in [0.2, 0.25) is 0 Å². The molecule has 1 aromatic carbocycles. The summed E-state index contributed by atoms with van der Waals surface area (Å²) < 4.78 is 0. The summed E-state index contributed by atoms with van der Waals surface area (Å²) in [5, 5.41) is 9.07. The van der Waals surface area contributed by atoms with E-state index >= 15 is 0 Å². The molecule has 2 heterocycles. The molecule has 6 nitrogen and oxygen atoms in total. The van der Waals surface area contributed by atoms with Gasteiger partial charge in [0.25, 0.3) is 0 Å². The van der Waals surface area contributed by atoms with Crippen LogP contribution in [0.5, 0.6) is 0 Å². The second-order valence-electron chi connectivity index (χ2n) is 5.39. The van der Waals surface area contributed by atoms with Gasteiger partial charge in [0, 0.05) is 44.6 Å². The van der Waals surface area contributed by atoms with Crippen LogP contribution in [0.4, 0.5) is 5.95 Å². The Hall–Kier alpha value is -3.20. The maximum Gasteiger partial charge on any atom is 0.246 e. The van der Waals surface area contributed by atoms with Gasteiger partial charge in [0.15, 0.2) is 0 Å². The van der Waals surface area contributed by atoms with Crippen molar-refractivity contribution >= 4 is 17.9 Å². The second kappa shape index (κ2) is 7.38. The summed E-state index contributed by atoms with van der Waals surface area (Å²) in [7, 11) is 0. The lowest BCUT2D eigenvalue weighted by Crippen LogP contribution is -2.48. The molecule has 120 valence electrons. The average molecular weight is 319 g/mol. The van der Waals surface area contributed by atoms with Crippen LogP contribution >= 0.6 is 0 Å². The van der Waals surface area contributed by atoms with Crippen molar-refractivity contribution in [3.05, 3.63) is 59.9 Å². The Morgan fingerprint density at radius 2 is 1.79 bits per heavy atom. The molecule has 0 aliphatic carbocycles. The highest BCUT2D eigenvalue weighted by Gasteiger charge is 2.20. The van der Waals surface area contributed by atoms with E-state index < -0.39 is 0 Å². The molecule has 1 saturated heterocycles. The van der Waals surface area contributed by atoms with Crippen molar-refractivity contribution in [1.82, 2.24) is 14.9 Å². The number of aromatic nitrogens is 2. The van der Waals surface area contributed by atoms with Crippen molar-refractivity contribution in [1.29, 1.82) is 5.26 Å². The first-order chi connectivity index (χ1) is 11.8. The Morgan fingerprint density at radius 1 is 1.08 bits per heavy atom. The average Bonchev–Trinajstić information content (AvgIpc) is 2.67. The van der Waals surface area contributed by atoms with Crippen LogP contribution in [0.15, 0.2) is 48.8 Å². The molecule has 3 rings (SSSR count). The quantitative estimate of drug-likeness (QED) is 0.805. The standard InChI is InChI=1S/C18H17N5O/c19-14-16-5-2-1-4-15(16)6-7-17(24)22-10-12-23(13-11-22)18-20-8-3-9-21-18/h1-9H,10-13H2. The summed E-state index contributed by atoms with van der Waals surface area (Å²) in [6.45, 7) is 2.67. The van der Waals surface area contributed by atoms with Gasteiger partial charge in [-0.05, 0) is 23.8 Å². The Bertz CT molecular complexity index is 773. The van der Waals surface area contributed by atoms with Gasteiger partial charge in [-0.3, -0.25) is 4.79 Å². The number of nitriles is 1. The Morgan fingerprint density at radius 3 is 2.50 bits per heavy atom. The van der Waals surface area contributed by atoms with Gasteiger partial charge in [0.1, 0.15) is 0 Å². The summed E-state index contributed by atoms with van der Waals surface area (Å²) in [5.74, 6) is 0.652. The topological polar surface area (TPSA) is 73.1 Å². The number of carbonyl (C=O) groups excluding carboxylic acids is 1. The molecule has 6 heteroatoms. The second-order valence-corrected chi connectivity index (χ2v) is 5.39. The van der Waals surface area contributed by atoms with Gasteiger partial charge in [-0.2, -0.15) is 5.26 Å². The van der Waals surface area contributed by atoms with E-state index in [0.29, 0.717) is 37.7 Å². The smallest absolute Gasteiger partial charge is 0.246 e. The minimum atomic E-state index is -0.0450. The SMILES string of the molecule is N#Cc1ccccc1C=CC(=O)N1CCN(c2ncccn2)CC1. The molecule has 0 N–H and O–H groups in total. The van der Waals surface area contributed by atoms with Gasteiger partial charge in [0.05, 0.1) is 11.6 Å². The van der Waals surface area contributed by atoms with E-state index in [0.717, 1.165) is 5.56 Å². The van der Waals surface area contributed by atoms with Crippen LogP contribution in [0.25, 0.3) is 6.08 Å². The van der Waals surface area contributed by atoms with Gasteiger partial charge < -0.3 is 9.80 Å². The number of anilines is 1. The lowest BCUT2D eigenvalue weighted by Gasteiger charge is -2.34. The summed E-state index contributed by atoms with van der Waals surface area (Å²) in [5.41, 5.74) is 1.32. The Balaban J connectivity index is 1.59. The molecule has 1 amide bonds. The molecule has 1 fully saturated rings. The zero-order valence-corrected chi connectivity index (χ0v) is 13.2. The van der Waals surface area contributed by atoms with Crippen molar-refractivity contribution in [2.24, 2.45) is 0 Å². The first-order valence-corrected chi connectivity index (χ1v) is 7.76. The van der Waals surface area contributed by atoms with Crippen LogP contribution in [0.1, 0.15) is 11.1 Å². The minimum Gasteiger partial charge on any atom is -0.337 e. The molecule has 0 unspecified atom stereocenters. The molecule has 1 aromatic heterocycles. The van der Waals surface area contributed by atoms with Crippen LogP contribution in [0, 0.1) is 11.3 Å². The number of hydrogen-bond donors (Lipinski definition) is 0. The van der Waals surface area contributed by atoms with Crippen molar-refractivity contribution in [2.45, 2.75) is 0 Å². The number of benzene rings is 1. The lowest BCUT2D eigenvalue weighted by atomic mass is 10.1. The van der Waals surface area contributed by atoms with E-state index in [9.17, 15) is 4.79 Å². The fourth-order valence-electron chi connectivity index (χ4n) is 2.59. The highest BCUT2D eigenvalue weighted by atomic mass is 16.2. The third-order valence-corrected chi connectivity index (χ3v) is 3.91. The molecule has 0 atom stereocenters. The highest BCUT2D eigenvalue weighted by Crippen LogP contribution is 2.12. The molecule has 0 spiro atoms. The third kappa shape index (κ3) is 3.58. The summed E-state index contributed by atoms with van der Waals surface area (Å²) in [6.07, 6.45) is 6.67. The lowest BCUT2D eigenvalue weighted by molar-refractivity contribution is -0.126. The Labute approximate surface area is 140 Å². The third-order valence-electron chi connectivity index (χ3n) is 3.91. The summed E-state index contributed by atoms with van der Waals surface area (Å²) in [6, 6.07) is 11.1. The van der Waals surface area contributed by atoms with Crippen molar-refractivity contribution in [2.75, 3.05) is 31.1 Å². The largest absolute Gasteiger partial charge is 0.337 e. The van der Waals surface area contributed by atoms with Crippen molar-refractivity contribution in [3.63, 3.8) is 0 Å². The van der Waals surface area contributed by atoms with Crippen molar-refractivity contribution < 1.29 is 4.79 Å². The zero-order valence-electron chi connectivity index (χ0n) is 13.2. The normalized spacial score (nSPS) is 14.6. The molecule has 0 radical (unpaired) electrons. The molecule has 24 heavy (non-hydrogen) atoms. The molecule has 2 aromatic rings. The molecule has 1 aliphatic rings. The van der Waals surface area contributed by atoms with Gasteiger partial charge in [0.2, 0.25) is 11.9 Å². The Kier molecular flexibility index (Phi) is 4.82. The van der Waals surface area contributed by atoms with E-state index in [2.05, 4.69) is 20.9 Å². The van der Waals surface area contributed by atoms with Gasteiger partial charge in [-0.15, -0.1) is 0 Å². The zero-order chi connectivity index (χ0) is 16.8. The van der Waals surface area contributed by atoms with E-state index in [1.165, 1.54) is 6.08 Å². The van der Waals surface area contributed by atoms with E-state index in [1.807, 2.05) is 18.2 Å². The molecule has 0 saturated carbocycles. The number of nitrogens with zero attached hydrogens (tertiary/aromatic N) is 5. The minimum absolute atomic E-state index is 0.0450. The molecular weight excluding hydrogens is 302 g/mol. The fourth-order valence-corrected chi connectivity index (χ4v) is 2.59.